The van der Waals surface area contributed by atoms with Crippen LogP contribution in [0.4, 0.5) is 0 Å². The van der Waals surface area contributed by atoms with Crippen LogP contribution in [0.2, 0.25) is 0 Å². The van der Waals surface area contributed by atoms with Gasteiger partial charge in [0.15, 0.2) is 0 Å². The van der Waals surface area contributed by atoms with Crippen LogP contribution in [0, 0.1) is 13.8 Å². The van der Waals surface area contributed by atoms with E-state index in [1.807, 2.05) is 33.8 Å². The van der Waals surface area contributed by atoms with E-state index in [2.05, 4.69) is 5.32 Å². The molecular formula is C13H17NO2. The Morgan fingerprint density at radius 2 is 1.75 bits per heavy atom. The summed E-state index contributed by atoms with van der Waals surface area (Å²) in [5, 5.41) is 2.59. The lowest BCUT2D eigenvalue weighted by atomic mass is 10.0. The first-order valence-electron chi connectivity index (χ1n) is 5.34. The Labute approximate surface area is 95.9 Å². The molecule has 1 aromatic carbocycles. The molecule has 0 aromatic heterocycles. The largest absolute Gasteiger partial charge is 0.347 e. The summed E-state index contributed by atoms with van der Waals surface area (Å²) < 4.78 is 0. The van der Waals surface area contributed by atoms with E-state index < -0.39 is 11.7 Å². The van der Waals surface area contributed by atoms with Gasteiger partial charge in [-0.1, -0.05) is 12.1 Å². The second-order valence-electron chi connectivity index (χ2n) is 4.26. The molecule has 0 aliphatic heterocycles. The summed E-state index contributed by atoms with van der Waals surface area (Å²) >= 11 is 0. The molecule has 0 heterocycles. The molecule has 0 unspecified atom stereocenters. The van der Waals surface area contributed by atoms with E-state index in [4.69, 9.17) is 0 Å². The van der Waals surface area contributed by atoms with Gasteiger partial charge in [0.2, 0.25) is 5.78 Å². The predicted molar refractivity (Wildman–Crippen MR) is 63.5 cm³/mol. The number of ketones is 1. The van der Waals surface area contributed by atoms with Crippen LogP contribution in [0.3, 0.4) is 0 Å². The van der Waals surface area contributed by atoms with Crippen molar-refractivity contribution in [3.05, 3.63) is 34.9 Å². The summed E-state index contributed by atoms with van der Waals surface area (Å²) in [5.74, 6) is -1.02. The summed E-state index contributed by atoms with van der Waals surface area (Å²) in [5.41, 5.74) is 2.57. The van der Waals surface area contributed by atoms with E-state index in [0.717, 1.165) is 11.1 Å². The number of rotatable bonds is 3. The van der Waals surface area contributed by atoms with Gasteiger partial charge in [-0.05, 0) is 44.9 Å². The third-order valence-corrected chi connectivity index (χ3v) is 2.40. The van der Waals surface area contributed by atoms with Crippen molar-refractivity contribution in [3.8, 4) is 0 Å². The number of aryl methyl sites for hydroxylation is 2. The molecule has 3 heteroatoms. The number of carbonyl (C=O) groups is 2. The highest BCUT2D eigenvalue weighted by Crippen LogP contribution is 2.10. The van der Waals surface area contributed by atoms with Crippen LogP contribution in [-0.4, -0.2) is 17.7 Å². The first kappa shape index (κ1) is 12.4. The van der Waals surface area contributed by atoms with Gasteiger partial charge in [0, 0.05) is 11.6 Å². The van der Waals surface area contributed by atoms with Gasteiger partial charge in [0.25, 0.3) is 5.91 Å². The van der Waals surface area contributed by atoms with E-state index in [-0.39, 0.29) is 6.04 Å². The number of nitrogens with one attached hydrogen (secondary N) is 1. The van der Waals surface area contributed by atoms with Crippen molar-refractivity contribution in [1.29, 1.82) is 0 Å². The van der Waals surface area contributed by atoms with Crippen LogP contribution >= 0.6 is 0 Å². The Morgan fingerprint density at radius 1 is 1.12 bits per heavy atom. The van der Waals surface area contributed by atoms with E-state index in [1.54, 1.807) is 12.1 Å². The van der Waals surface area contributed by atoms with Crippen LogP contribution in [0.1, 0.15) is 35.3 Å². The molecule has 0 aliphatic rings. The fourth-order valence-corrected chi connectivity index (χ4v) is 1.34. The van der Waals surface area contributed by atoms with Crippen LogP contribution in [0.5, 0.6) is 0 Å². The minimum Gasteiger partial charge on any atom is -0.347 e. The normalized spacial score (nSPS) is 10.3. The Morgan fingerprint density at radius 3 is 2.25 bits per heavy atom. The topological polar surface area (TPSA) is 46.2 Å². The van der Waals surface area contributed by atoms with Crippen molar-refractivity contribution in [1.82, 2.24) is 5.32 Å². The zero-order valence-electron chi connectivity index (χ0n) is 10.1. The Kier molecular flexibility index (Phi) is 3.82. The highest BCUT2D eigenvalue weighted by Gasteiger charge is 2.16. The molecule has 0 spiro atoms. The Balaban J connectivity index is 2.88. The summed E-state index contributed by atoms with van der Waals surface area (Å²) in [6.45, 7) is 7.54. The molecule has 1 aromatic rings. The van der Waals surface area contributed by atoms with Crippen LogP contribution in [0.15, 0.2) is 18.2 Å². The van der Waals surface area contributed by atoms with Crippen LogP contribution in [-0.2, 0) is 4.79 Å². The minimum absolute atomic E-state index is 0.0250. The summed E-state index contributed by atoms with van der Waals surface area (Å²) in [7, 11) is 0. The van der Waals surface area contributed by atoms with Crippen LogP contribution in [0.25, 0.3) is 0 Å². The quantitative estimate of drug-likeness (QED) is 0.624. The Hall–Kier alpha value is -1.64. The lowest BCUT2D eigenvalue weighted by Crippen LogP contribution is -2.35. The second kappa shape index (κ2) is 4.92. The van der Waals surface area contributed by atoms with Gasteiger partial charge in [-0.15, -0.1) is 0 Å². The van der Waals surface area contributed by atoms with Crippen molar-refractivity contribution < 1.29 is 9.59 Å². The molecule has 16 heavy (non-hydrogen) atoms. The summed E-state index contributed by atoms with van der Waals surface area (Å²) in [6.07, 6.45) is 0. The number of benzene rings is 1. The van der Waals surface area contributed by atoms with Gasteiger partial charge in [-0.25, -0.2) is 0 Å². The van der Waals surface area contributed by atoms with Gasteiger partial charge in [0.05, 0.1) is 0 Å². The summed E-state index contributed by atoms with van der Waals surface area (Å²) in [6, 6.07) is 5.26. The molecule has 0 aliphatic carbocycles. The van der Waals surface area contributed by atoms with Crippen LogP contribution < -0.4 is 5.32 Å². The van der Waals surface area contributed by atoms with Crippen molar-refractivity contribution >= 4 is 11.7 Å². The van der Waals surface area contributed by atoms with E-state index >= 15 is 0 Å². The molecule has 1 amide bonds. The van der Waals surface area contributed by atoms with Gasteiger partial charge < -0.3 is 5.32 Å². The molecule has 0 bridgehead atoms. The maximum absolute atomic E-state index is 11.7. The molecule has 3 nitrogen and oxygen atoms in total. The van der Waals surface area contributed by atoms with Gasteiger partial charge in [-0.2, -0.15) is 0 Å². The van der Waals surface area contributed by atoms with Crippen molar-refractivity contribution in [2.75, 3.05) is 0 Å². The number of hydrogen-bond acceptors (Lipinski definition) is 2. The Bertz CT molecular complexity index is 422. The summed E-state index contributed by atoms with van der Waals surface area (Å²) in [4.78, 5) is 23.2. The highest BCUT2D eigenvalue weighted by molar-refractivity contribution is 6.42. The molecule has 1 N–H and O–H groups in total. The standard InChI is InChI=1S/C13H17NO2/c1-8(2)14-13(16)12(15)11-6-5-9(3)10(4)7-11/h5-8H,1-4H3,(H,14,16). The zero-order valence-corrected chi connectivity index (χ0v) is 10.1. The third kappa shape index (κ3) is 2.92. The number of carbonyl (C=O) groups excluding carboxylic acids is 2. The minimum atomic E-state index is -0.543. The molecule has 1 rings (SSSR count). The number of Topliss-reactive ketones (excluding diaryl/α,β-unsaturated/α-hetero) is 1. The number of hydrogen-bond donors (Lipinski definition) is 1. The third-order valence-electron chi connectivity index (χ3n) is 2.40. The van der Waals surface area contributed by atoms with Crippen molar-refractivity contribution in [3.63, 3.8) is 0 Å². The first-order chi connectivity index (χ1) is 7.41. The fourth-order valence-electron chi connectivity index (χ4n) is 1.34. The highest BCUT2D eigenvalue weighted by atomic mass is 16.2. The number of amides is 1. The molecule has 0 saturated carbocycles. The zero-order chi connectivity index (χ0) is 12.3. The van der Waals surface area contributed by atoms with Gasteiger partial charge >= 0.3 is 0 Å². The van der Waals surface area contributed by atoms with E-state index in [1.165, 1.54) is 0 Å². The average molecular weight is 219 g/mol. The lowest BCUT2D eigenvalue weighted by molar-refractivity contribution is -0.117. The molecule has 0 fully saturated rings. The van der Waals surface area contributed by atoms with E-state index in [9.17, 15) is 9.59 Å². The maximum atomic E-state index is 11.7. The molecular weight excluding hydrogens is 202 g/mol. The SMILES string of the molecule is Cc1ccc(C(=O)C(=O)NC(C)C)cc1C. The first-order valence-corrected chi connectivity index (χ1v) is 5.34. The fraction of sp³-hybridized carbons (Fsp3) is 0.385. The maximum Gasteiger partial charge on any atom is 0.292 e. The lowest BCUT2D eigenvalue weighted by Gasteiger charge is -2.08. The molecule has 0 atom stereocenters. The molecule has 86 valence electrons. The van der Waals surface area contributed by atoms with Gasteiger partial charge in [-0.3, -0.25) is 9.59 Å². The molecule has 0 radical (unpaired) electrons. The van der Waals surface area contributed by atoms with Crippen molar-refractivity contribution in [2.45, 2.75) is 33.7 Å². The molecule has 0 saturated heterocycles. The smallest absolute Gasteiger partial charge is 0.292 e. The van der Waals surface area contributed by atoms with Gasteiger partial charge in [0.1, 0.15) is 0 Å². The predicted octanol–water partition coefficient (Wildman–Crippen LogP) is 2.01. The van der Waals surface area contributed by atoms with E-state index in [0.29, 0.717) is 5.56 Å². The second-order valence-corrected chi connectivity index (χ2v) is 4.26. The monoisotopic (exact) mass is 219 g/mol. The average Bonchev–Trinajstić information content (AvgIpc) is 2.20. The van der Waals surface area contributed by atoms with Crippen molar-refractivity contribution in [2.24, 2.45) is 0 Å².